The van der Waals surface area contributed by atoms with Gasteiger partial charge in [-0.25, -0.2) is 9.97 Å². The molecule has 0 bridgehead atoms. The first-order valence-electron chi connectivity index (χ1n) is 9.85. The lowest BCUT2D eigenvalue weighted by Gasteiger charge is -2.10. The van der Waals surface area contributed by atoms with E-state index in [1.165, 1.54) is 10.9 Å². The quantitative estimate of drug-likeness (QED) is 0.436. The molecule has 0 radical (unpaired) electrons. The first-order chi connectivity index (χ1) is 14.9. The normalized spacial score (nSPS) is 10.9. The third-order valence-electron chi connectivity index (χ3n) is 4.98. The van der Waals surface area contributed by atoms with Crippen LogP contribution in [0.3, 0.4) is 0 Å². The van der Waals surface area contributed by atoms with Crippen LogP contribution in [0.25, 0.3) is 33.5 Å². The van der Waals surface area contributed by atoms with Crippen molar-refractivity contribution in [3.8, 4) is 22.6 Å². The molecule has 0 spiro atoms. The summed E-state index contributed by atoms with van der Waals surface area (Å²) >= 11 is 0. The molecular formula is C24H20N6. The van der Waals surface area contributed by atoms with Crippen LogP contribution in [-0.4, -0.2) is 31.5 Å². The average Bonchev–Trinajstić information content (AvgIpc) is 3.23. The highest BCUT2D eigenvalue weighted by molar-refractivity contribution is 5.83. The molecule has 0 aliphatic carbocycles. The summed E-state index contributed by atoms with van der Waals surface area (Å²) in [5, 5.41) is 4.72. The number of hydrogen-bond donors (Lipinski definition) is 2. The van der Waals surface area contributed by atoms with Gasteiger partial charge in [0, 0.05) is 65.6 Å². The topological polar surface area (TPSA) is 79.4 Å². The molecule has 4 heterocycles. The van der Waals surface area contributed by atoms with E-state index >= 15 is 0 Å². The Morgan fingerprint density at radius 3 is 2.43 bits per heavy atom. The molecule has 0 aliphatic heterocycles. The zero-order chi connectivity index (χ0) is 20.2. The fourth-order valence-corrected chi connectivity index (χ4v) is 3.49. The van der Waals surface area contributed by atoms with Gasteiger partial charge >= 0.3 is 0 Å². The Balaban J connectivity index is 1.42. The van der Waals surface area contributed by atoms with Gasteiger partial charge in [0.2, 0.25) is 0 Å². The first-order valence-corrected chi connectivity index (χ1v) is 9.85. The van der Waals surface area contributed by atoms with Gasteiger partial charge in [0.05, 0.1) is 5.69 Å². The van der Waals surface area contributed by atoms with E-state index in [0.29, 0.717) is 5.82 Å². The van der Waals surface area contributed by atoms with Gasteiger partial charge in [-0.3, -0.25) is 9.97 Å². The zero-order valence-electron chi connectivity index (χ0n) is 16.3. The highest BCUT2D eigenvalue weighted by Gasteiger charge is 2.10. The van der Waals surface area contributed by atoms with E-state index in [2.05, 4.69) is 44.7 Å². The number of benzene rings is 1. The number of aromatic nitrogens is 5. The molecule has 5 aromatic rings. The van der Waals surface area contributed by atoms with Gasteiger partial charge < -0.3 is 10.3 Å². The molecule has 5 rings (SSSR count). The van der Waals surface area contributed by atoms with Crippen LogP contribution in [0, 0.1) is 0 Å². The number of H-pyrrole nitrogens is 1. The maximum Gasteiger partial charge on any atom is 0.163 e. The van der Waals surface area contributed by atoms with Crippen molar-refractivity contribution in [1.82, 2.24) is 24.9 Å². The van der Waals surface area contributed by atoms with Gasteiger partial charge in [-0.05, 0) is 42.3 Å². The van der Waals surface area contributed by atoms with Crippen molar-refractivity contribution in [2.75, 3.05) is 11.9 Å². The fourth-order valence-electron chi connectivity index (χ4n) is 3.49. The van der Waals surface area contributed by atoms with E-state index in [9.17, 15) is 0 Å². The van der Waals surface area contributed by atoms with E-state index in [4.69, 9.17) is 9.97 Å². The van der Waals surface area contributed by atoms with Crippen LogP contribution in [0.5, 0.6) is 0 Å². The lowest BCUT2D eigenvalue weighted by Crippen LogP contribution is -2.07. The molecule has 0 aliphatic rings. The van der Waals surface area contributed by atoms with Gasteiger partial charge in [0.25, 0.3) is 0 Å². The van der Waals surface area contributed by atoms with Crippen LogP contribution in [-0.2, 0) is 6.42 Å². The minimum atomic E-state index is 0.638. The molecule has 2 N–H and O–H groups in total. The summed E-state index contributed by atoms with van der Waals surface area (Å²) in [6, 6.07) is 18.1. The number of rotatable bonds is 6. The largest absolute Gasteiger partial charge is 0.370 e. The highest BCUT2D eigenvalue weighted by atomic mass is 15.0. The molecule has 30 heavy (non-hydrogen) atoms. The molecule has 0 fully saturated rings. The van der Waals surface area contributed by atoms with Crippen LogP contribution in [0.2, 0.25) is 0 Å². The van der Waals surface area contributed by atoms with Crippen LogP contribution in [0.4, 0.5) is 5.82 Å². The Labute approximate surface area is 174 Å². The Morgan fingerprint density at radius 2 is 1.63 bits per heavy atom. The van der Waals surface area contributed by atoms with E-state index in [-0.39, 0.29) is 0 Å². The summed E-state index contributed by atoms with van der Waals surface area (Å²) in [5.41, 5.74) is 5.10. The lowest BCUT2D eigenvalue weighted by molar-refractivity contribution is 1.01. The van der Waals surface area contributed by atoms with E-state index in [0.717, 1.165) is 41.1 Å². The second kappa shape index (κ2) is 8.13. The van der Waals surface area contributed by atoms with Crippen molar-refractivity contribution < 1.29 is 0 Å². The molecule has 6 nitrogen and oxygen atoms in total. The Morgan fingerprint density at radius 1 is 0.833 bits per heavy atom. The lowest BCUT2D eigenvalue weighted by atomic mass is 10.1. The molecule has 0 amide bonds. The second-order valence-electron chi connectivity index (χ2n) is 6.98. The smallest absolute Gasteiger partial charge is 0.163 e. The second-order valence-corrected chi connectivity index (χ2v) is 6.98. The van der Waals surface area contributed by atoms with Crippen LogP contribution >= 0.6 is 0 Å². The van der Waals surface area contributed by atoms with Crippen molar-refractivity contribution in [3.05, 3.63) is 91.1 Å². The van der Waals surface area contributed by atoms with Crippen LogP contribution < -0.4 is 5.32 Å². The SMILES string of the molecule is c1cncc(-c2cc(NCCc3c[nH]c4ccccc34)nc(-c3cccnc3)n2)c1. The Bertz CT molecular complexity index is 1210. The molecule has 0 atom stereocenters. The minimum Gasteiger partial charge on any atom is -0.370 e. The van der Waals surface area contributed by atoms with Crippen molar-refractivity contribution in [1.29, 1.82) is 0 Å². The summed E-state index contributed by atoms with van der Waals surface area (Å²) in [5.74, 6) is 1.42. The number of nitrogens with zero attached hydrogens (tertiary/aromatic N) is 4. The molecule has 146 valence electrons. The number of fused-ring (bicyclic) bond motifs is 1. The maximum atomic E-state index is 4.74. The summed E-state index contributed by atoms with van der Waals surface area (Å²) in [7, 11) is 0. The fraction of sp³-hybridized carbons (Fsp3) is 0.0833. The van der Waals surface area contributed by atoms with Gasteiger partial charge in [-0.2, -0.15) is 0 Å². The van der Waals surface area contributed by atoms with E-state index < -0.39 is 0 Å². The monoisotopic (exact) mass is 392 g/mol. The highest BCUT2D eigenvalue weighted by Crippen LogP contribution is 2.24. The molecular weight excluding hydrogens is 372 g/mol. The van der Waals surface area contributed by atoms with Gasteiger partial charge in [-0.15, -0.1) is 0 Å². The molecule has 0 saturated heterocycles. The van der Waals surface area contributed by atoms with Gasteiger partial charge in [0.1, 0.15) is 5.82 Å². The molecule has 0 unspecified atom stereocenters. The summed E-state index contributed by atoms with van der Waals surface area (Å²) in [4.78, 5) is 21.2. The summed E-state index contributed by atoms with van der Waals surface area (Å²) < 4.78 is 0. The van der Waals surface area contributed by atoms with Gasteiger partial charge in [0.15, 0.2) is 5.82 Å². The number of hydrogen-bond acceptors (Lipinski definition) is 5. The van der Waals surface area contributed by atoms with Crippen molar-refractivity contribution in [3.63, 3.8) is 0 Å². The van der Waals surface area contributed by atoms with Crippen molar-refractivity contribution >= 4 is 16.7 Å². The summed E-state index contributed by atoms with van der Waals surface area (Å²) in [6.07, 6.45) is 10.1. The zero-order valence-corrected chi connectivity index (χ0v) is 16.3. The van der Waals surface area contributed by atoms with E-state index in [1.807, 2.05) is 42.6 Å². The molecule has 1 aromatic carbocycles. The number of pyridine rings is 2. The standard InChI is InChI=1S/C24H20N6/c1-2-8-21-20(7-1)17(16-28-21)9-12-27-23-13-22(18-5-3-10-25-14-18)29-24(30-23)19-6-4-11-26-15-19/h1-8,10-11,13-16,28H,9,12H2,(H,27,29,30). The number of aromatic amines is 1. The number of anilines is 1. The third kappa shape index (κ3) is 3.75. The predicted molar refractivity (Wildman–Crippen MR) is 119 cm³/mol. The molecule has 0 saturated carbocycles. The number of para-hydroxylation sites is 1. The third-order valence-corrected chi connectivity index (χ3v) is 4.98. The van der Waals surface area contributed by atoms with Crippen LogP contribution in [0.1, 0.15) is 5.56 Å². The minimum absolute atomic E-state index is 0.638. The first kappa shape index (κ1) is 18.0. The average molecular weight is 392 g/mol. The summed E-state index contributed by atoms with van der Waals surface area (Å²) in [6.45, 7) is 0.762. The maximum absolute atomic E-state index is 4.74. The Kier molecular flexibility index (Phi) is 4.88. The molecule has 4 aromatic heterocycles. The Hall–Kier alpha value is -4.06. The van der Waals surface area contributed by atoms with Crippen molar-refractivity contribution in [2.24, 2.45) is 0 Å². The van der Waals surface area contributed by atoms with Gasteiger partial charge in [-0.1, -0.05) is 18.2 Å². The number of nitrogens with one attached hydrogen (secondary N) is 2. The van der Waals surface area contributed by atoms with Crippen molar-refractivity contribution in [2.45, 2.75) is 6.42 Å². The van der Waals surface area contributed by atoms with E-state index in [1.54, 1.807) is 18.6 Å². The molecule has 6 heteroatoms. The predicted octanol–water partition coefficient (Wildman–Crippen LogP) is 4.74. The van der Waals surface area contributed by atoms with Crippen LogP contribution in [0.15, 0.2) is 85.6 Å².